The number of hydrogen-bond donors (Lipinski definition) is 0. The van der Waals surface area contributed by atoms with Crippen molar-refractivity contribution in [1.29, 1.82) is 0 Å². The molecule has 0 bridgehead atoms. The fourth-order valence-electron chi connectivity index (χ4n) is 3.97. The summed E-state index contributed by atoms with van der Waals surface area (Å²) in [6, 6.07) is 9.90. The molecule has 21 heavy (non-hydrogen) atoms. The molecule has 116 valence electrons. The average molecular weight is 286 g/mol. The van der Waals surface area contributed by atoms with Gasteiger partial charge in [0.2, 0.25) is 0 Å². The van der Waals surface area contributed by atoms with Gasteiger partial charge in [-0.1, -0.05) is 49.6 Å². The van der Waals surface area contributed by atoms with Gasteiger partial charge in [0.05, 0.1) is 0 Å². The molecule has 2 atom stereocenters. The largest absolute Gasteiger partial charge is 0.298 e. The van der Waals surface area contributed by atoms with Crippen molar-refractivity contribution in [3.63, 3.8) is 0 Å². The molecular weight excluding hydrogens is 256 g/mol. The molecule has 0 unspecified atom stereocenters. The lowest BCUT2D eigenvalue weighted by molar-refractivity contribution is 0.0659. The molecule has 3 rings (SSSR count). The minimum absolute atomic E-state index is 0.871. The van der Waals surface area contributed by atoms with Gasteiger partial charge in [-0.2, -0.15) is 0 Å². The highest BCUT2D eigenvalue weighted by Gasteiger charge is 2.27. The van der Waals surface area contributed by atoms with E-state index in [0.717, 1.165) is 18.5 Å². The van der Waals surface area contributed by atoms with Crippen LogP contribution in [0.4, 0.5) is 0 Å². The Morgan fingerprint density at radius 2 is 1.71 bits per heavy atom. The van der Waals surface area contributed by atoms with Gasteiger partial charge in [-0.05, 0) is 31.2 Å². The van der Waals surface area contributed by atoms with E-state index in [1.165, 1.54) is 63.0 Å². The number of hydrogen-bond acceptors (Lipinski definition) is 2. The molecule has 1 aliphatic carbocycles. The quantitative estimate of drug-likeness (QED) is 0.836. The second-order valence-corrected chi connectivity index (χ2v) is 7.22. The summed E-state index contributed by atoms with van der Waals surface area (Å²) < 4.78 is 0. The van der Waals surface area contributed by atoms with Gasteiger partial charge in [-0.3, -0.25) is 9.80 Å². The topological polar surface area (TPSA) is 6.48 Å². The van der Waals surface area contributed by atoms with Crippen LogP contribution in [0.5, 0.6) is 0 Å². The molecule has 1 aromatic rings. The predicted octanol–water partition coefficient (Wildman–Crippen LogP) is 3.69. The molecule has 2 nitrogen and oxygen atoms in total. The molecule has 1 saturated carbocycles. The summed E-state index contributed by atoms with van der Waals surface area (Å²) in [4.78, 5) is 5.38. The molecule has 2 fully saturated rings. The highest BCUT2D eigenvalue weighted by Crippen LogP contribution is 2.28. The zero-order valence-corrected chi connectivity index (χ0v) is 13.7. The lowest BCUT2D eigenvalue weighted by Crippen LogP contribution is -2.50. The van der Waals surface area contributed by atoms with Crippen LogP contribution in [-0.4, -0.2) is 42.0 Å². The van der Waals surface area contributed by atoms with Crippen molar-refractivity contribution in [3.8, 4) is 0 Å². The van der Waals surface area contributed by atoms with Crippen molar-refractivity contribution in [1.82, 2.24) is 9.80 Å². The maximum atomic E-state index is 2.77. The first kappa shape index (κ1) is 15.1. The van der Waals surface area contributed by atoms with E-state index in [0.29, 0.717) is 0 Å². The third kappa shape index (κ3) is 4.08. The van der Waals surface area contributed by atoms with Crippen LogP contribution in [0.3, 0.4) is 0 Å². The molecule has 0 amide bonds. The van der Waals surface area contributed by atoms with Crippen LogP contribution in [-0.2, 0) is 6.54 Å². The Kier molecular flexibility index (Phi) is 4.97. The van der Waals surface area contributed by atoms with Crippen LogP contribution in [0.2, 0.25) is 0 Å². The van der Waals surface area contributed by atoms with E-state index in [9.17, 15) is 0 Å². The van der Waals surface area contributed by atoms with E-state index in [1.807, 2.05) is 0 Å². The number of rotatable bonds is 3. The van der Waals surface area contributed by atoms with Gasteiger partial charge in [0, 0.05) is 38.8 Å². The smallest absolute Gasteiger partial charge is 0.0234 e. The van der Waals surface area contributed by atoms with Crippen molar-refractivity contribution in [3.05, 3.63) is 35.4 Å². The van der Waals surface area contributed by atoms with Crippen LogP contribution in [0.15, 0.2) is 24.3 Å². The van der Waals surface area contributed by atoms with E-state index >= 15 is 0 Å². The summed E-state index contributed by atoms with van der Waals surface area (Å²) >= 11 is 0. The zero-order valence-electron chi connectivity index (χ0n) is 13.7. The fourth-order valence-corrected chi connectivity index (χ4v) is 3.97. The molecule has 2 heteroatoms. The van der Waals surface area contributed by atoms with Gasteiger partial charge < -0.3 is 0 Å². The Hall–Kier alpha value is -0.860. The number of benzene rings is 1. The third-order valence-electron chi connectivity index (χ3n) is 5.36. The molecule has 2 aliphatic rings. The number of piperazine rings is 1. The van der Waals surface area contributed by atoms with Crippen LogP contribution in [0.1, 0.15) is 43.7 Å². The molecule has 1 aliphatic heterocycles. The van der Waals surface area contributed by atoms with E-state index in [4.69, 9.17) is 0 Å². The molecule has 0 aromatic heterocycles. The monoisotopic (exact) mass is 286 g/mol. The van der Waals surface area contributed by atoms with Crippen LogP contribution in [0.25, 0.3) is 0 Å². The van der Waals surface area contributed by atoms with Crippen LogP contribution >= 0.6 is 0 Å². The minimum atomic E-state index is 0.871. The molecule has 1 heterocycles. The van der Waals surface area contributed by atoms with E-state index in [2.05, 4.69) is 47.9 Å². The Labute approximate surface area is 130 Å². The Morgan fingerprint density at radius 1 is 1.00 bits per heavy atom. The van der Waals surface area contributed by atoms with Crippen molar-refractivity contribution < 1.29 is 0 Å². The van der Waals surface area contributed by atoms with Crippen LogP contribution < -0.4 is 0 Å². The van der Waals surface area contributed by atoms with Gasteiger partial charge >= 0.3 is 0 Å². The van der Waals surface area contributed by atoms with Gasteiger partial charge in [-0.15, -0.1) is 0 Å². The summed E-state index contributed by atoms with van der Waals surface area (Å²) in [5.74, 6) is 0.939. The summed E-state index contributed by atoms with van der Waals surface area (Å²) in [5, 5.41) is 0. The second kappa shape index (κ2) is 6.93. The molecule has 0 radical (unpaired) electrons. The van der Waals surface area contributed by atoms with E-state index in [1.54, 1.807) is 0 Å². The summed E-state index contributed by atoms with van der Waals surface area (Å²) in [5.41, 5.74) is 2.82. The van der Waals surface area contributed by atoms with Crippen LogP contribution in [0, 0.1) is 12.8 Å². The van der Waals surface area contributed by atoms with Crippen molar-refractivity contribution >= 4 is 0 Å². The Bertz CT molecular complexity index is 431. The van der Waals surface area contributed by atoms with Gasteiger partial charge in [-0.25, -0.2) is 0 Å². The van der Waals surface area contributed by atoms with E-state index in [-0.39, 0.29) is 0 Å². The normalized spacial score (nSPS) is 28.7. The summed E-state index contributed by atoms with van der Waals surface area (Å²) in [6.45, 7) is 10.7. The lowest BCUT2D eigenvalue weighted by Gasteiger charge is -2.42. The molecule has 0 spiro atoms. The van der Waals surface area contributed by atoms with Crippen molar-refractivity contribution in [2.75, 3.05) is 26.2 Å². The minimum Gasteiger partial charge on any atom is -0.298 e. The SMILES string of the molecule is Cc1ccc(CN2CCN([C@H]3CCC[C@H](C)C3)CC2)cc1. The second-order valence-electron chi connectivity index (χ2n) is 7.22. The first-order valence-electron chi connectivity index (χ1n) is 8.72. The standard InChI is InChI=1S/C19H30N2/c1-16-6-8-18(9-7-16)15-20-10-12-21(13-11-20)19-5-3-4-17(2)14-19/h6-9,17,19H,3-5,10-15H2,1-2H3/t17-,19-/m0/s1. The van der Waals surface area contributed by atoms with Crippen molar-refractivity contribution in [2.45, 2.75) is 52.1 Å². The molecular formula is C19H30N2. The first-order valence-corrected chi connectivity index (χ1v) is 8.72. The van der Waals surface area contributed by atoms with Gasteiger partial charge in [0.1, 0.15) is 0 Å². The third-order valence-corrected chi connectivity index (χ3v) is 5.36. The maximum absolute atomic E-state index is 2.77. The molecule has 1 saturated heterocycles. The molecule has 1 aromatic carbocycles. The zero-order chi connectivity index (χ0) is 14.7. The predicted molar refractivity (Wildman–Crippen MR) is 89.4 cm³/mol. The van der Waals surface area contributed by atoms with E-state index < -0.39 is 0 Å². The summed E-state index contributed by atoms with van der Waals surface area (Å²) in [6.07, 6.45) is 5.75. The first-order chi connectivity index (χ1) is 10.2. The van der Waals surface area contributed by atoms with Gasteiger partial charge in [0.15, 0.2) is 0 Å². The maximum Gasteiger partial charge on any atom is 0.0234 e. The highest BCUT2D eigenvalue weighted by atomic mass is 15.3. The molecule has 0 N–H and O–H groups in total. The summed E-state index contributed by atoms with van der Waals surface area (Å²) in [7, 11) is 0. The lowest BCUT2D eigenvalue weighted by atomic mass is 9.86. The average Bonchev–Trinajstić information content (AvgIpc) is 2.50. The van der Waals surface area contributed by atoms with Crippen molar-refractivity contribution in [2.24, 2.45) is 5.92 Å². The number of nitrogens with zero attached hydrogens (tertiary/aromatic N) is 2. The van der Waals surface area contributed by atoms with Gasteiger partial charge in [0.25, 0.3) is 0 Å². The number of aryl methyl sites for hydroxylation is 1. The highest BCUT2D eigenvalue weighted by molar-refractivity contribution is 5.21. The Balaban J connectivity index is 1.47. The Morgan fingerprint density at radius 3 is 2.38 bits per heavy atom. The fraction of sp³-hybridized carbons (Fsp3) is 0.684.